The van der Waals surface area contributed by atoms with E-state index >= 15 is 0 Å². The highest BCUT2D eigenvalue weighted by Gasteiger charge is 2.39. The third-order valence-electron chi connectivity index (χ3n) is 3.36. The van der Waals surface area contributed by atoms with Crippen LogP contribution in [0.15, 0.2) is 34.9 Å². The second-order valence-electron chi connectivity index (χ2n) is 4.91. The molecule has 124 valence electrons. The second kappa shape index (κ2) is 7.56. The molecule has 1 heterocycles. The van der Waals surface area contributed by atoms with Gasteiger partial charge in [-0.3, -0.25) is 4.79 Å². The van der Waals surface area contributed by atoms with Crippen LogP contribution in [0.25, 0.3) is 0 Å². The Hall–Kier alpha value is -1.93. The average Bonchev–Trinajstić information content (AvgIpc) is 2.49. The van der Waals surface area contributed by atoms with Crippen LogP contribution in [0.2, 0.25) is 0 Å². The summed E-state index contributed by atoms with van der Waals surface area (Å²) in [7, 11) is 1.49. The molecule has 1 aliphatic heterocycles. The minimum atomic E-state index is -0.832. The zero-order chi connectivity index (χ0) is 17.0. The van der Waals surface area contributed by atoms with Crippen LogP contribution in [-0.4, -0.2) is 32.3 Å². The first-order valence-corrected chi connectivity index (χ1v) is 7.60. The highest BCUT2D eigenvalue weighted by molar-refractivity contribution is 9.10. The summed E-state index contributed by atoms with van der Waals surface area (Å²) in [5, 5.41) is 5.11. The fraction of sp³-hybridized carbons (Fsp3) is 0.333. The molecule has 2 rings (SSSR count). The van der Waals surface area contributed by atoms with Gasteiger partial charge in [0.05, 0.1) is 17.1 Å². The topological polar surface area (TPSA) is 76.7 Å². The molecule has 6 nitrogen and oxygen atoms in total. The van der Waals surface area contributed by atoms with E-state index in [1.54, 1.807) is 0 Å². The monoisotopic (exact) mass is 386 g/mol. The smallest absolute Gasteiger partial charge is 0.319 e. The third kappa shape index (κ3) is 4.08. The van der Waals surface area contributed by atoms with Crippen molar-refractivity contribution in [2.24, 2.45) is 5.92 Å². The van der Waals surface area contributed by atoms with Gasteiger partial charge in [-0.2, -0.15) is 0 Å². The summed E-state index contributed by atoms with van der Waals surface area (Å²) in [6.07, 6.45) is 0. The van der Waals surface area contributed by atoms with Crippen molar-refractivity contribution in [1.29, 1.82) is 0 Å². The number of methoxy groups -OCH3 is 1. The number of benzene rings is 1. The maximum Gasteiger partial charge on any atom is 0.319 e. The number of urea groups is 1. The Morgan fingerprint density at radius 1 is 1.43 bits per heavy atom. The fourth-order valence-corrected chi connectivity index (χ4v) is 2.66. The van der Waals surface area contributed by atoms with Gasteiger partial charge in [0.2, 0.25) is 0 Å². The quantitative estimate of drug-likeness (QED) is 0.601. The van der Waals surface area contributed by atoms with Crippen LogP contribution in [0.3, 0.4) is 0 Å². The molecule has 1 fully saturated rings. The van der Waals surface area contributed by atoms with Crippen molar-refractivity contribution in [2.45, 2.75) is 6.04 Å². The largest absolute Gasteiger partial charge is 0.463 e. The normalized spacial score (nSPS) is 20.7. The highest BCUT2D eigenvalue weighted by atomic mass is 79.9. The van der Waals surface area contributed by atoms with Gasteiger partial charge < -0.3 is 20.1 Å². The van der Waals surface area contributed by atoms with Crippen LogP contribution < -0.4 is 10.6 Å². The Morgan fingerprint density at radius 2 is 2.17 bits per heavy atom. The fourth-order valence-electron chi connectivity index (χ4n) is 2.26. The maximum atomic E-state index is 13.4. The molecule has 8 heteroatoms. The van der Waals surface area contributed by atoms with Gasteiger partial charge in [0.1, 0.15) is 18.3 Å². The van der Waals surface area contributed by atoms with Gasteiger partial charge in [0.15, 0.2) is 0 Å². The molecule has 23 heavy (non-hydrogen) atoms. The summed E-state index contributed by atoms with van der Waals surface area (Å²) in [4.78, 5) is 24.0. The van der Waals surface area contributed by atoms with E-state index in [9.17, 15) is 14.0 Å². The maximum absolute atomic E-state index is 13.4. The molecule has 0 aliphatic carbocycles. The molecule has 1 saturated heterocycles. The van der Waals surface area contributed by atoms with E-state index in [0.717, 1.165) is 0 Å². The summed E-state index contributed by atoms with van der Waals surface area (Å²) < 4.78 is 23.6. The van der Waals surface area contributed by atoms with E-state index in [1.165, 1.54) is 25.3 Å². The highest BCUT2D eigenvalue weighted by Crippen LogP contribution is 2.32. The lowest BCUT2D eigenvalue weighted by atomic mass is 9.89. The van der Waals surface area contributed by atoms with Gasteiger partial charge in [-0.25, -0.2) is 9.18 Å². The molecule has 2 atom stereocenters. The van der Waals surface area contributed by atoms with Crippen LogP contribution in [0.1, 0.15) is 11.6 Å². The van der Waals surface area contributed by atoms with Gasteiger partial charge in [-0.1, -0.05) is 12.6 Å². The first kappa shape index (κ1) is 17.4. The van der Waals surface area contributed by atoms with Gasteiger partial charge >= 0.3 is 12.0 Å². The van der Waals surface area contributed by atoms with Crippen LogP contribution in [-0.2, 0) is 14.3 Å². The number of esters is 1. The van der Waals surface area contributed by atoms with Crippen molar-refractivity contribution < 1.29 is 23.5 Å². The lowest BCUT2D eigenvalue weighted by Gasteiger charge is -2.33. The van der Waals surface area contributed by atoms with Crippen molar-refractivity contribution in [1.82, 2.24) is 10.6 Å². The molecule has 0 aromatic heterocycles. The van der Waals surface area contributed by atoms with Crippen molar-refractivity contribution in [3.8, 4) is 0 Å². The van der Waals surface area contributed by atoms with Crippen LogP contribution in [0.5, 0.6) is 0 Å². The molecule has 2 N–H and O–H groups in total. The van der Waals surface area contributed by atoms with Crippen LogP contribution in [0, 0.1) is 11.7 Å². The summed E-state index contributed by atoms with van der Waals surface area (Å²) in [6, 6.07) is 3.07. The van der Waals surface area contributed by atoms with Crippen molar-refractivity contribution in [2.75, 3.05) is 20.3 Å². The lowest BCUT2D eigenvalue weighted by Crippen LogP contribution is -2.51. The first-order chi connectivity index (χ1) is 10.9. The van der Waals surface area contributed by atoms with Crippen molar-refractivity contribution >= 4 is 27.9 Å². The molecule has 0 spiro atoms. The predicted octanol–water partition coefficient (Wildman–Crippen LogP) is 2.26. The molecule has 0 bridgehead atoms. The Kier molecular flexibility index (Phi) is 5.73. The summed E-state index contributed by atoms with van der Waals surface area (Å²) in [5.41, 5.74) is 0.782. The molecular formula is C15H16BrFN2O4. The SMILES string of the molecule is C=C1NC(=O)N[C@@H](c2ccc(F)c(Br)c2)[C@H]1C(=O)OCCOC. The van der Waals surface area contributed by atoms with Crippen molar-refractivity contribution in [3.63, 3.8) is 0 Å². The minimum Gasteiger partial charge on any atom is -0.463 e. The van der Waals surface area contributed by atoms with Crippen LogP contribution in [0.4, 0.5) is 9.18 Å². The number of carbonyl (C=O) groups excluding carboxylic acids is 2. The average molecular weight is 387 g/mol. The standard InChI is InChI=1S/C15H16BrFN2O4/c1-8-12(14(20)23-6-5-22-2)13(19-15(21)18-8)9-3-4-11(17)10(16)7-9/h3-4,7,12-13H,1,5-6H2,2H3,(H2,18,19,21)/t12-,13-/m0/s1. The van der Waals surface area contributed by atoms with E-state index in [4.69, 9.17) is 9.47 Å². The number of amides is 2. The molecule has 0 unspecified atom stereocenters. The summed E-state index contributed by atoms with van der Waals surface area (Å²) >= 11 is 3.09. The number of nitrogens with one attached hydrogen (secondary N) is 2. The van der Waals surface area contributed by atoms with E-state index in [2.05, 4.69) is 33.1 Å². The second-order valence-corrected chi connectivity index (χ2v) is 5.77. The van der Waals surface area contributed by atoms with E-state index in [-0.39, 0.29) is 23.4 Å². The zero-order valence-electron chi connectivity index (χ0n) is 12.4. The number of hydrogen-bond donors (Lipinski definition) is 2. The first-order valence-electron chi connectivity index (χ1n) is 6.81. The predicted molar refractivity (Wildman–Crippen MR) is 84.0 cm³/mol. The Bertz CT molecular complexity index is 638. The van der Waals surface area contributed by atoms with Gasteiger partial charge in [0, 0.05) is 12.8 Å². The molecule has 0 radical (unpaired) electrons. The van der Waals surface area contributed by atoms with E-state index < -0.39 is 29.8 Å². The zero-order valence-corrected chi connectivity index (χ0v) is 14.0. The lowest BCUT2D eigenvalue weighted by molar-refractivity contribution is -0.149. The van der Waals surface area contributed by atoms with Crippen LogP contribution >= 0.6 is 15.9 Å². The minimum absolute atomic E-state index is 0.0902. The number of carbonyl (C=O) groups is 2. The Labute approximate surface area is 141 Å². The Morgan fingerprint density at radius 3 is 2.83 bits per heavy atom. The molecule has 1 aromatic carbocycles. The van der Waals surface area contributed by atoms with Gasteiger partial charge in [0.25, 0.3) is 0 Å². The summed E-state index contributed by atoms with van der Waals surface area (Å²) in [6.45, 7) is 4.07. The Balaban J connectivity index is 2.27. The number of rotatable bonds is 5. The molecule has 2 amide bonds. The van der Waals surface area contributed by atoms with E-state index in [0.29, 0.717) is 5.56 Å². The van der Waals surface area contributed by atoms with E-state index in [1.807, 2.05) is 0 Å². The number of halogens is 2. The summed E-state index contributed by atoms with van der Waals surface area (Å²) in [5.74, 6) is -1.82. The number of hydrogen-bond acceptors (Lipinski definition) is 4. The van der Waals surface area contributed by atoms with Gasteiger partial charge in [-0.15, -0.1) is 0 Å². The number of ether oxygens (including phenoxy) is 2. The van der Waals surface area contributed by atoms with Gasteiger partial charge in [-0.05, 0) is 33.6 Å². The molecule has 1 aromatic rings. The van der Waals surface area contributed by atoms with Crippen molar-refractivity contribution in [3.05, 3.63) is 46.3 Å². The third-order valence-corrected chi connectivity index (χ3v) is 3.97. The molecule has 0 saturated carbocycles. The molecule has 1 aliphatic rings. The molecular weight excluding hydrogens is 371 g/mol.